The highest BCUT2D eigenvalue weighted by atomic mass is 79.9. The van der Waals surface area contributed by atoms with Gasteiger partial charge in [0.1, 0.15) is 0 Å². The maximum atomic E-state index is 3.89. The van der Waals surface area contributed by atoms with E-state index < -0.39 is 0 Å². The molecule has 0 aromatic rings. The highest BCUT2D eigenvalue weighted by Gasteiger charge is 2.22. The Hall–Kier alpha value is 0.480. The summed E-state index contributed by atoms with van der Waals surface area (Å²) in [6, 6.07) is 0. The van der Waals surface area contributed by atoms with Crippen molar-refractivity contribution in [2.45, 2.75) is 70.0 Å². The van der Waals surface area contributed by atoms with Crippen LogP contribution in [0.4, 0.5) is 0 Å². The van der Waals surface area contributed by atoms with Gasteiger partial charge in [-0.05, 0) is 19.3 Å². The number of alkyl halides is 1. The van der Waals surface area contributed by atoms with E-state index in [4.69, 9.17) is 0 Å². The van der Waals surface area contributed by atoms with Crippen LogP contribution in [0.15, 0.2) is 0 Å². The van der Waals surface area contributed by atoms with Gasteiger partial charge in [0.05, 0.1) is 0 Å². The van der Waals surface area contributed by atoms with Crippen LogP contribution in [0.5, 0.6) is 0 Å². The van der Waals surface area contributed by atoms with E-state index in [0.717, 1.165) is 0 Å². The summed E-state index contributed by atoms with van der Waals surface area (Å²) in [6.45, 7) is 6.83. The summed E-state index contributed by atoms with van der Waals surface area (Å²) in [5.74, 6) is 0. The molecule has 0 saturated heterocycles. The first-order valence-electron chi connectivity index (χ1n) is 5.37. The first kappa shape index (κ1) is 12.5. The third-order valence-electron chi connectivity index (χ3n) is 2.59. The first-order valence-corrected chi connectivity index (χ1v) is 6.16. The van der Waals surface area contributed by atoms with Gasteiger partial charge in [0.2, 0.25) is 0 Å². The van der Waals surface area contributed by atoms with Gasteiger partial charge >= 0.3 is 0 Å². The zero-order valence-electron chi connectivity index (χ0n) is 8.83. The van der Waals surface area contributed by atoms with Crippen molar-refractivity contribution in [3.63, 3.8) is 0 Å². The third-order valence-corrected chi connectivity index (χ3v) is 3.94. The van der Waals surface area contributed by atoms with Crippen molar-refractivity contribution in [1.29, 1.82) is 0 Å². The first-order chi connectivity index (χ1) is 5.68. The fraction of sp³-hybridized carbons (Fsp3) is 1.00. The molecule has 12 heavy (non-hydrogen) atoms. The topological polar surface area (TPSA) is 0 Å². The predicted octanol–water partition coefficient (Wildman–Crippen LogP) is 4.91. The lowest BCUT2D eigenvalue weighted by Gasteiger charge is -2.25. The van der Waals surface area contributed by atoms with Crippen LogP contribution in [0.25, 0.3) is 0 Å². The van der Waals surface area contributed by atoms with E-state index in [0.29, 0.717) is 4.32 Å². The van der Waals surface area contributed by atoms with E-state index in [9.17, 15) is 0 Å². The summed E-state index contributed by atoms with van der Waals surface area (Å²) in [7, 11) is 0. The SMILES string of the molecule is CCCCC(Br)(CC)CCCC. The van der Waals surface area contributed by atoms with E-state index in [-0.39, 0.29) is 0 Å². The lowest BCUT2D eigenvalue weighted by Crippen LogP contribution is -2.19. The minimum atomic E-state index is 0.457. The Morgan fingerprint density at radius 3 is 1.58 bits per heavy atom. The second-order valence-corrected chi connectivity index (χ2v) is 5.39. The lowest BCUT2D eigenvalue weighted by atomic mass is 9.93. The normalized spacial score (nSPS) is 12.0. The van der Waals surface area contributed by atoms with Gasteiger partial charge < -0.3 is 0 Å². The molecule has 0 heterocycles. The van der Waals surface area contributed by atoms with Crippen molar-refractivity contribution >= 4 is 15.9 Å². The van der Waals surface area contributed by atoms with Crippen molar-refractivity contribution in [1.82, 2.24) is 0 Å². The number of hydrogen-bond donors (Lipinski definition) is 0. The maximum absolute atomic E-state index is 3.89. The van der Waals surface area contributed by atoms with Crippen LogP contribution < -0.4 is 0 Å². The highest BCUT2D eigenvalue weighted by Crippen LogP contribution is 2.33. The molecule has 0 aliphatic carbocycles. The maximum Gasteiger partial charge on any atom is 0.0255 e. The molecule has 0 amide bonds. The molecule has 0 aromatic carbocycles. The molecule has 0 bridgehead atoms. The quantitative estimate of drug-likeness (QED) is 0.550. The number of rotatable bonds is 7. The summed E-state index contributed by atoms with van der Waals surface area (Å²) in [5, 5.41) is 0. The molecular weight excluding hydrogens is 212 g/mol. The Labute approximate surface area is 86.3 Å². The van der Waals surface area contributed by atoms with Gasteiger partial charge in [0, 0.05) is 4.32 Å². The monoisotopic (exact) mass is 234 g/mol. The fourth-order valence-electron chi connectivity index (χ4n) is 1.47. The molecule has 0 fully saturated rings. The molecule has 0 aliphatic rings. The van der Waals surface area contributed by atoms with Gasteiger partial charge in [0.25, 0.3) is 0 Å². The summed E-state index contributed by atoms with van der Waals surface area (Å²) in [6.07, 6.45) is 9.33. The van der Waals surface area contributed by atoms with Gasteiger partial charge in [-0.25, -0.2) is 0 Å². The van der Waals surface area contributed by atoms with Crippen molar-refractivity contribution < 1.29 is 0 Å². The Kier molecular flexibility index (Phi) is 7.22. The second-order valence-electron chi connectivity index (χ2n) is 3.71. The van der Waals surface area contributed by atoms with Gasteiger partial charge in [-0.3, -0.25) is 0 Å². The van der Waals surface area contributed by atoms with Crippen molar-refractivity contribution in [3.05, 3.63) is 0 Å². The minimum absolute atomic E-state index is 0.457. The average Bonchev–Trinajstić information content (AvgIpc) is 2.11. The van der Waals surface area contributed by atoms with Crippen LogP contribution in [0, 0.1) is 0 Å². The summed E-state index contributed by atoms with van der Waals surface area (Å²) < 4.78 is 0.457. The van der Waals surface area contributed by atoms with Crippen LogP contribution in [-0.2, 0) is 0 Å². The molecule has 1 heteroatoms. The molecule has 0 aliphatic heterocycles. The molecule has 0 spiro atoms. The van der Waals surface area contributed by atoms with Crippen LogP contribution in [0.3, 0.4) is 0 Å². The molecule has 74 valence electrons. The standard InChI is InChI=1S/C11H23Br/c1-4-7-9-11(12,6-3)10-8-5-2/h4-10H2,1-3H3. The number of hydrogen-bond acceptors (Lipinski definition) is 0. The van der Waals surface area contributed by atoms with E-state index in [1.165, 1.54) is 44.9 Å². The van der Waals surface area contributed by atoms with Gasteiger partial charge in [-0.15, -0.1) is 0 Å². The van der Waals surface area contributed by atoms with E-state index >= 15 is 0 Å². The third kappa shape index (κ3) is 5.18. The van der Waals surface area contributed by atoms with E-state index in [1.54, 1.807) is 0 Å². The van der Waals surface area contributed by atoms with Crippen LogP contribution in [0.2, 0.25) is 0 Å². The molecule has 0 rings (SSSR count). The van der Waals surface area contributed by atoms with E-state index in [1.807, 2.05) is 0 Å². The van der Waals surface area contributed by atoms with Gasteiger partial charge in [0.15, 0.2) is 0 Å². The molecule has 0 aromatic heterocycles. The van der Waals surface area contributed by atoms with Gasteiger partial charge in [-0.1, -0.05) is 62.4 Å². The van der Waals surface area contributed by atoms with Crippen LogP contribution in [-0.4, -0.2) is 4.32 Å². The summed E-state index contributed by atoms with van der Waals surface area (Å²) >= 11 is 3.89. The van der Waals surface area contributed by atoms with Crippen molar-refractivity contribution in [2.24, 2.45) is 0 Å². The lowest BCUT2D eigenvalue weighted by molar-refractivity contribution is 0.462. The van der Waals surface area contributed by atoms with Crippen molar-refractivity contribution in [3.8, 4) is 0 Å². The van der Waals surface area contributed by atoms with Gasteiger partial charge in [-0.2, -0.15) is 0 Å². The second kappa shape index (κ2) is 6.94. The number of unbranched alkanes of at least 4 members (excludes halogenated alkanes) is 2. The molecule has 0 atom stereocenters. The molecule has 0 unspecified atom stereocenters. The Morgan fingerprint density at radius 1 is 0.917 bits per heavy atom. The summed E-state index contributed by atoms with van der Waals surface area (Å²) in [5.41, 5.74) is 0. The van der Waals surface area contributed by atoms with Crippen LogP contribution >= 0.6 is 15.9 Å². The molecule has 0 radical (unpaired) electrons. The largest absolute Gasteiger partial charge is 0.0853 e. The van der Waals surface area contributed by atoms with E-state index in [2.05, 4.69) is 36.7 Å². The molecule has 0 nitrogen and oxygen atoms in total. The van der Waals surface area contributed by atoms with Crippen molar-refractivity contribution in [2.75, 3.05) is 0 Å². The Morgan fingerprint density at radius 2 is 1.33 bits per heavy atom. The average molecular weight is 235 g/mol. The smallest absolute Gasteiger partial charge is 0.0255 e. The summed E-state index contributed by atoms with van der Waals surface area (Å²) in [4.78, 5) is 0. The molecular formula is C11H23Br. The zero-order chi connectivity index (χ0) is 9.45. The zero-order valence-corrected chi connectivity index (χ0v) is 10.4. The predicted molar refractivity (Wildman–Crippen MR) is 61.0 cm³/mol. The molecule has 0 N–H and O–H groups in total. The Balaban J connectivity index is 3.70. The fourth-order valence-corrected chi connectivity index (χ4v) is 2.03. The molecule has 0 saturated carbocycles. The number of halogens is 1. The highest BCUT2D eigenvalue weighted by molar-refractivity contribution is 9.10. The Bertz CT molecular complexity index is 91.2. The van der Waals surface area contributed by atoms with Crippen LogP contribution in [0.1, 0.15) is 65.7 Å². The minimum Gasteiger partial charge on any atom is -0.0853 e.